The van der Waals surface area contributed by atoms with Crippen LogP contribution in [0.5, 0.6) is 0 Å². The molecule has 1 fully saturated rings. The van der Waals surface area contributed by atoms with Crippen LogP contribution < -0.4 is 0 Å². The smallest absolute Gasteiger partial charge is 0.186 e. The molecule has 1 heterocycles. The van der Waals surface area contributed by atoms with Gasteiger partial charge in [0.2, 0.25) is 0 Å². The van der Waals surface area contributed by atoms with Crippen molar-refractivity contribution in [1.82, 2.24) is 15.0 Å². The SMILES string of the molecule is Cc1cccc(-n2nnc(C#N)c2C2CC2)c1C. The van der Waals surface area contributed by atoms with Gasteiger partial charge in [-0.15, -0.1) is 5.10 Å². The highest BCUT2D eigenvalue weighted by atomic mass is 15.4. The molecule has 1 saturated carbocycles. The number of nitriles is 1. The molecule has 0 aliphatic heterocycles. The summed E-state index contributed by atoms with van der Waals surface area (Å²) in [7, 11) is 0. The molecule has 4 nitrogen and oxygen atoms in total. The van der Waals surface area contributed by atoms with E-state index in [2.05, 4.69) is 36.3 Å². The summed E-state index contributed by atoms with van der Waals surface area (Å²) >= 11 is 0. The minimum Gasteiger partial charge on any atom is -0.216 e. The fourth-order valence-corrected chi connectivity index (χ4v) is 2.23. The van der Waals surface area contributed by atoms with Crippen molar-refractivity contribution in [2.45, 2.75) is 32.6 Å². The van der Waals surface area contributed by atoms with Gasteiger partial charge in [0, 0.05) is 5.92 Å². The fraction of sp³-hybridized carbons (Fsp3) is 0.357. The maximum absolute atomic E-state index is 9.11. The molecule has 0 saturated heterocycles. The lowest BCUT2D eigenvalue weighted by atomic mass is 10.1. The van der Waals surface area contributed by atoms with Crippen molar-refractivity contribution in [2.24, 2.45) is 0 Å². The summed E-state index contributed by atoms with van der Waals surface area (Å²) in [6.45, 7) is 4.16. The number of aromatic nitrogens is 3. The molecule has 1 aromatic carbocycles. The lowest BCUT2D eigenvalue weighted by Gasteiger charge is -2.10. The normalized spacial score (nSPS) is 14.5. The topological polar surface area (TPSA) is 54.5 Å². The van der Waals surface area contributed by atoms with E-state index in [-0.39, 0.29) is 0 Å². The Kier molecular flexibility index (Phi) is 2.41. The molecule has 1 aliphatic rings. The molecule has 2 aromatic rings. The molecule has 0 radical (unpaired) electrons. The second kappa shape index (κ2) is 3.95. The molecular formula is C14H14N4. The first kappa shape index (κ1) is 11.0. The van der Waals surface area contributed by atoms with E-state index < -0.39 is 0 Å². The second-order valence-corrected chi connectivity index (χ2v) is 4.84. The second-order valence-electron chi connectivity index (χ2n) is 4.84. The molecule has 1 aromatic heterocycles. The average molecular weight is 238 g/mol. The maximum Gasteiger partial charge on any atom is 0.186 e. The number of nitrogens with zero attached hydrogens (tertiary/aromatic N) is 4. The van der Waals surface area contributed by atoms with Crippen LogP contribution in [0.15, 0.2) is 18.2 Å². The number of hydrogen-bond donors (Lipinski definition) is 0. The average Bonchev–Trinajstić information content (AvgIpc) is 3.12. The minimum absolute atomic E-state index is 0.453. The molecule has 4 heteroatoms. The van der Waals surface area contributed by atoms with Crippen LogP contribution in [0.25, 0.3) is 5.69 Å². The van der Waals surface area contributed by atoms with Gasteiger partial charge < -0.3 is 0 Å². The zero-order valence-electron chi connectivity index (χ0n) is 10.5. The highest BCUT2D eigenvalue weighted by Crippen LogP contribution is 2.42. The van der Waals surface area contributed by atoms with Gasteiger partial charge in [-0.05, 0) is 43.9 Å². The number of aryl methyl sites for hydroxylation is 1. The van der Waals surface area contributed by atoms with Crippen LogP contribution in [-0.2, 0) is 0 Å². The molecule has 3 rings (SSSR count). The van der Waals surface area contributed by atoms with Crippen LogP contribution in [0.1, 0.15) is 41.3 Å². The van der Waals surface area contributed by atoms with E-state index in [1.54, 1.807) is 0 Å². The molecule has 1 aliphatic carbocycles. The zero-order valence-corrected chi connectivity index (χ0v) is 10.5. The molecule has 90 valence electrons. The van der Waals surface area contributed by atoms with Gasteiger partial charge in [-0.2, -0.15) is 5.26 Å². The van der Waals surface area contributed by atoms with Gasteiger partial charge in [0.05, 0.1) is 11.4 Å². The first-order valence-corrected chi connectivity index (χ1v) is 6.14. The zero-order chi connectivity index (χ0) is 12.7. The molecule has 0 atom stereocenters. The molecule has 18 heavy (non-hydrogen) atoms. The fourth-order valence-electron chi connectivity index (χ4n) is 2.23. The summed E-state index contributed by atoms with van der Waals surface area (Å²) in [5.74, 6) is 0.453. The van der Waals surface area contributed by atoms with E-state index >= 15 is 0 Å². The number of rotatable bonds is 2. The van der Waals surface area contributed by atoms with E-state index in [0.29, 0.717) is 11.6 Å². The maximum atomic E-state index is 9.11. The van der Waals surface area contributed by atoms with Gasteiger partial charge in [0.25, 0.3) is 0 Å². The van der Waals surface area contributed by atoms with Crippen LogP contribution in [0, 0.1) is 25.2 Å². The van der Waals surface area contributed by atoms with Gasteiger partial charge in [-0.25, -0.2) is 4.68 Å². The predicted octanol–water partition coefficient (Wildman–Crippen LogP) is 2.63. The summed E-state index contributed by atoms with van der Waals surface area (Å²) in [6, 6.07) is 8.28. The first-order valence-electron chi connectivity index (χ1n) is 6.14. The Morgan fingerprint density at radius 2 is 2.11 bits per heavy atom. The molecule has 0 bridgehead atoms. The Morgan fingerprint density at radius 1 is 1.33 bits per heavy atom. The van der Waals surface area contributed by atoms with E-state index in [1.165, 1.54) is 11.1 Å². The van der Waals surface area contributed by atoms with Crippen molar-refractivity contribution in [2.75, 3.05) is 0 Å². The standard InChI is InChI=1S/C14H14N4/c1-9-4-3-5-13(10(9)2)18-14(11-6-7-11)12(8-15)16-17-18/h3-5,11H,6-7H2,1-2H3. The third-order valence-electron chi connectivity index (χ3n) is 3.58. The Morgan fingerprint density at radius 3 is 2.78 bits per heavy atom. The number of hydrogen-bond acceptors (Lipinski definition) is 3. The first-order chi connectivity index (χ1) is 8.72. The summed E-state index contributed by atoms with van der Waals surface area (Å²) in [4.78, 5) is 0. The monoisotopic (exact) mass is 238 g/mol. The molecule has 0 amide bonds. The van der Waals surface area contributed by atoms with E-state index in [1.807, 2.05) is 16.8 Å². The van der Waals surface area contributed by atoms with Crippen LogP contribution in [0.3, 0.4) is 0 Å². The van der Waals surface area contributed by atoms with E-state index in [4.69, 9.17) is 5.26 Å². The Hall–Kier alpha value is -2.15. The molecular weight excluding hydrogens is 224 g/mol. The van der Waals surface area contributed by atoms with Crippen molar-refractivity contribution < 1.29 is 0 Å². The van der Waals surface area contributed by atoms with Crippen LogP contribution in [-0.4, -0.2) is 15.0 Å². The Labute approximate surface area is 106 Å². The quantitative estimate of drug-likeness (QED) is 0.808. The number of benzene rings is 1. The third kappa shape index (κ3) is 1.60. The van der Waals surface area contributed by atoms with Gasteiger partial charge >= 0.3 is 0 Å². The van der Waals surface area contributed by atoms with Gasteiger partial charge in [-0.3, -0.25) is 0 Å². The van der Waals surface area contributed by atoms with E-state index in [9.17, 15) is 0 Å². The highest BCUT2D eigenvalue weighted by molar-refractivity contribution is 5.47. The van der Waals surface area contributed by atoms with Crippen molar-refractivity contribution in [3.05, 3.63) is 40.7 Å². The lowest BCUT2D eigenvalue weighted by molar-refractivity contribution is 0.758. The van der Waals surface area contributed by atoms with Crippen molar-refractivity contribution >= 4 is 0 Å². The summed E-state index contributed by atoms with van der Waals surface area (Å²) in [5.41, 5.74) is 4.90. The largest absolute Gasteiger partial charge is 0.216 e. The van der Waals surface area contributed by atoms with Crippen LogP contribution in [0.2, 0.25) is 0 Å². The van der Waals surface area contributed by atoms with Gasteiger partial charge in [0.15, 0.2) is 5.69 Å². The molecule has 0 spiro atoms. The summed E-state index contributed by atoms with van der Waals surface area (Å²) in [5, 5.41) is 17.3. The lowest BCUT2D eigenvalue weighted by Crippen LogP contribution is -2.05. The molecule has 0 N–H and O–H groups in total. The third-order valence-corrected chi connectivity index (χ3v) is 3.58. The van der Waals surface area contributed by atoms with E-state index in [0.717, 1.165) is 24.2 Å². The van der Waals surface area contributed by atoms with Gasteiger partial charge in [-0.1, -0.05) is 17.3 Å². The summed E-state index contributed by atoms with van der Waals surface area (Å²) in [6.07, 6.45) is 2.26. The minimum atomic E-state index is 0.453. The van der Waals surface area contributed by atoms with Crippen LogP contribution >= 0.6 is 0 Å². The van der Waals surface area contributed by atoms with Crippen molar-refractivity contribution in [3.8, 4) is 11.8 Å². The summed E-state index contributed by atoms with van der Waals surface area (Å²) < 4.78 is 1.85. The Balaban J connectivity index is 2.20. The van der Waals surface area contributed by atoms with Crippen molar-refractivity contribution in [1.29, 1.82) is 5.26 Å². The predicted molar refractivity (Wildman–Crippen MR) is 67.5 cm³/mol. The molecule has 0 unspecified atom stereocenters. The van der Waals surface area contributed by atoms with Gasteiger partial charge in [0.1, 0.15) is 6.07 Å². The highest BCUT2D eigenvalue weighted by Gasteiger charge is 2.32. The van der Waals surface area contributed by atoms with Crippen molar-refractivity contribution in [3.63, 3.8) is 0 Å². The van der Waals surface area contributed by atoms with Crippen LogP contribution in [0.4, 0.5) is 0 Å². The Bertz CT molecular complexity index is 644.